The second kappa shape index (κ2) is 10.6. The van der Waals surface area contributed by atoms with Gasteiger partial charge in [-0.05, 0) is 24.3 Å². The van der Waals surface area contributed by atoms with E-state index in [9.17, 15) is 55.9 Å². The number of hydrogen-bond donors (Lipinski definition) is 10. The third-order valence-corrected chi connectivity index (χ3v) is 7.31. The molecule has 216 valence electrons. The zero-order valence-electron chi connectivity index (χ0n) is 20.6. The Morgan fingerprint density at radius 1 is 0.775 bits per heavy atom. The molecule has 1 aromatic heterocycles. The minimum absolute atomic E-state index is 0.0767. The molecule has 0 aliphatic carbocycles. The van der Waals surface area contributed by atoms with Crippen LogP contribution in [0.4, 0.5) is 0 Å². The molecule has 0 spiro atoms. The molecular formula is C26H28O14. The van der Waals surface area contributed by atoms with Gasteiger partial charge >= 0.3 is 0 Å². The van der Waals surface area contributed by atoms with E-state index >= 15 is 0 Å². The number of fused-ring (bicyclic) bond motifs is 1. The van der Waals surface area contributed by atoms with Crippen molar-refractivity contribution in [2.45, 2.75) is 54.9 Å². The Morgan fingerprint density at radius 2 is 1.43 bits per heavy atom. The highest BCUT2D eigenvalue weighted by Crippen LogP contribution is 2.50. The standard InChI is InChI=1S/C26H28O14/c27-6-13-18(32)21(35)23(37)26(40-13)16-20(34)15(25-22(36)17(31)11(30)7-38-25)19(33)14-10(29)5-12(39-24(14)16)8-1-3-9(28)4-2-8/h1-5,11,13,17-18,21-23,25-28,30-37H,6-7H2/t11-,13+,17+,18-,21-,22+,23-,25-,26-/m0/s1. The van der Waals surface area contributed by atoms with Gasteiger partial charge in [0.15, 0.2) is 11.0 Å². The number of rotatable bonds is 4. The predicted octanol–water partition coefficient (Wildman–Crippen LogP) is -1.75. The number of phenolic OH excluding ortho intramolecular Hbond substituents is 3. The highest BCUT2D eigenvalue weighted by molar-refractivity contribution is 5.92. The number of aromatic hydroxyl groups is 3. The van der Waals surface area contributed by atoms with Gasteiger partial charge in [-0.3, -0.25) is 4.79 Å². The molecule has 0 bridgehead atoms. The summed E-state index contributed by atoms with van der Waals surface area (Å²) in [6, 6.07) is 6.47. The monoisotopic (exact) mass is 564 g/mol. The molecule has 0 radical (unpaired) electrons. The summed E-state index contributed by atoms with van der Waals surface area (Å²) in [5, 5.41) is 104. The van der Waals surface area contributed by atoms with Gasteiger partial charge in [-0.15, -0.1) is 0 Å². The summed E-state index contributed by atoms with van der Waals surface area (Å²) in [5.41, 5.74) is -2.19. The molecule has 5 rings (SSSR count). The molecule has 9 atom stereocenters. The molecule has 2 aromatic carbocycles. The number of aliphatic hydroxyl groups is 7. The Kier molecular flexibility index (Phi) is 7.47. The van der Waals surface area contributed by atoms with E-state index in [0.717, 1.165) is 6.07 Å². The fourth-order valence-corrected chi connectivity index (χ4v) is 5.11. The van der Waals surface area contributed by atoms with Gasteiger partial charge in [-0.1, -0.05) is 0 Å². The van der Waals surface area contributed by atoms with Crippen molar-refractivity contribution in [1.29, 1.82) is 0 Å². The van der Waals surface area contributed by atoms with Crippen molar-refractivity contribution >= 4 is 11.0 Å². The second-order valence-electron chi connectivity index (χ2n) is 9.80. The minimum atomic E-state index is -1.96. The maximum atomic E-state index is 13.4. The smallest absolute Gasteiger partial charge is 0.197 e. The topological polar surface area (TPSA) is 251 Å². The van der Waals surface area contributed by atoms with Crippen molar-refractivity contribution < 1.29 is 65.0 Å². The first kappa shape index (κ1) is 28.2. The maximum Gasteiger partial charge on any atom is 0.197 e. The Labute approximate surface area is 224 Å². The molecular weight excluding hydrogens is 536 g/mol. The number of aliphatic hydroxyl groups excluding tert-OH is 7. The molecule has 2 fully saturated rings. The number of benzene rings is 2. The van der Waals surface area contributed by atoms with Crippen LogP contribution in [0.15, 0.2) is 39.5 Å². The van der Waals surface area contributed by atoms with Gasteiger partial charge in [0, 0.05) is 11.6 Å². The van der Waals surface area contributed by atoms with E-state index in [2.05, 4.69) is 0 Å². The van der Waals surface area contributed by atoms with E-state index in [1.54, 1.807) is 0 Å². The SMILES string of the molecule is O=c1cc(-c2ccc(O)cc2)oc2c([C@@H]3O[C@H](CO)[C@H](O)[C@H](O)[C@@H]3O)c(O)c([C@@H]3OC[C@H](O)[C@@H](O)[C@H]3O)c(O)c12. The molecule has 2 saturated heterocycles. The average Bonchev–Trinajstić information content (AvgIpc) is 2.92. The summed E-state index contributed by atoms with van der Waals surface area (Å²) in [6.07, 6.45) is -15.7. The van der Waals surface area contributed by atoms with E-state index in [1.165, 1.54) is 24.3 Å². The van der Waals surface area contributed by atoms with Crippen molar-refractivity contribution in [2.24, 2.45) is 0 Å². The normalized spacial score (nSPS) is 32.8. The fraction of sp³-hybridized carbons (Fsp3) is 0.423. The molecule has 3 aromatic rings. The molecule has 10 N–H and O–H groups in total. The number of phenols is 3. The molecule has 14 nitrogen and oxygen atoms in total. The average molecular weight is 564 g/mol. The Hall–Kier alpha value is -3.31. The fourth-order valence-electron chi connectivity index (χ4n) is 5.11. The van der Waals surface area contributed by atoms with Crippen molar-refractivity contribution in [3.8, 4) is 28.6 Å². The van der Waals surface area contributed by atoms with Gasteiger partial charge in [0.25, 0.3) is 0 Å². The Bertz CT molecular complexity index is 1450. The third-order valence-electron chi connectivity index (χ3n) is 7.31. The van der Waals surface area contributed by atoms with Gasteiger partial charge in [0.2, 0.25) is 0 Å². The third kappa shape index (κ3) is 4.49. The van der Waals surface area contributed by atoms with Crippen molar-refractivity contribution in [3.63, 3.8) is 0 Å². The second-order valence-corrected chi connectivity index (χ2v) is 9.80. The van der Waals surface area contributed by atoms with Gasteiger partial charge in [0.05, 0.1) is 24.3 Å². The minimum Gasteiger partial charge on any atom is -0.508 e. The van der Waals surface area contributed by atoms with Crippen LogP contribution in [0, 0.1) is 0 Å². The van der Waals surface area contributed by atoms with Crippen LogP contribution in [0.2, 0.25) is 0 Å². The highest BCUT2D eigenvalue weighted by atomic mass is 16.5. The summed E-state index contributed by atoms with van der Waals surface area (Å²) in [5.74, 6) is -2.00. The van der Waals surface area contributed by atoms with Crippen molar-refractivity contribution in [1.82, 2.24) is 0 Å². The van der Waals surface area contributed by atoms with Crippen LogP contribution in [0.1, 0.15) is 23.3 Å². The summed E-state index contributed by atoms with van der Waals surface area (Å²) in [7, 11) is 0. The van der Waals surface area contributed by atoms with Gasteiger partial charge in [-0.25, -0.2) is 0 Å². The predicted molar refractivity (Wildman–Crippen MR) is 132 cm³/mol. The quantitative estimate of drug-likeness (QED) is 0.169. The first-order chi connectivity index (χ1) is 19.0. The van der Waals surface area contributed by atoms with Crippen molar-refractivity contribution in [2.75, 3.05) is 13.2 Å². The van der Waals surface area contributed by atoms with Crippen LogP contribution in [0.5, 0.6) is 17.2 Å². The number of ether oxygens (including phenoxy) is 2. The van der Waals surface area contributed by atoms with E-state index < -0.39 is 107 Å². The van der Waals surface area contributed by atoms with E-state index in [1.807, 2.05) is 0 Å². The molecule has 40 heavy (non-hydrogen) atoms. The summed E-state index contributed by atoms with van der Waals surface area (Å²) >= 11 is 0. The zero-order chi connectivity index (χ0) is 29.0. The van der Waals surface area contributed by atoms with Crippen LogP contribution >= 0.6 is 0 Å². The molecule has 14 heteroatoms. The molecule has 2 aliphatic rings. The van der Waals surface area contributed by atoms with Crippen LogP contribution in [-0.2, 0) is 9.47 Å². The van der Waals surface area contributed by atoms with Crippen LogP contribution in [0.25, 0.3) is 22.3 Å². The van der Waals surface area contributed by atoms with E-state index in [0.29, 0.717) is 5.56 Å². The summed E-state index contributed by atoms with van der Waals surface area (Å²) in [6.45, 7) is -1.34. The lowest BCUT2D eigenvalue weighted by atomic mass is 9.85. The van der Waals surface area contributed by atoms with Crippen molar-refractivity contribution in [3.05, 3.63) is 51.7 Å². The summed E-state index contributed by atoms with van der Waals surface area (Å²) in [4.78, 5) is 13.4. The number of hydrogen-bond acceptors (Lipinski definition) is 14. The Balaban J connectivity index is 1.81. The van der Waals surface area contributed by atoms with Gasteiger partial charge < -0.3 is 65.0 Å². The van der Waals surface area contributed by atoms with Crippen LogP contribution in [-0.4, -0.2) is 107 Å². The maximum absolute atomic E-state index is 13.4. The van der Waals surface area contributed by atoms with E-state index in [4.69, 9.17) is 13.9 Å². The largest absolute Gasteiger partial charge is 0.508 e. The lowest BCUT2D eigenvalue weighted by Gasteiger charge is -2.41. The van der Waals surface area contributed by atoms with Gasteiger partial charge in [0.1, 0.15) is 83.3 Å². The Morgan fingerprint density at radius 3 is 2.08 bits per heavy atom. The molecule has 0 saturated carbocycles. The molecule has 0 amide bonds. The lowest BCUT2D eigenvalue weighted by Crippen LogP contribution is -2.55. The van der Waals surface area contributed by atoms with Gasteiger partial charge in [-0.2, -0.15) is 0 Å². The molecule has 0 unspecified atom stereocenters. The zero-order valence-corrected chi connectivity index (χ0v) is 20.6. The lowest BCUT2D eigenvalue weighted by molar-refractivity contribution is -0.231. The van der Waals surface area contributed by atoms with Crippen LogP contribution < -0.4 is 5.43 Å². The molecule has 3 heterocycles. The summed E-state index contributed by atoms with van der Waals surface area (Å²) < 4.78 is 16.9. The first-order valence-electron chi connectivity index (χ1n) is 12.3. The van der Waals surface area contributed by atoms with Crippen LogP contribution in [0.3, 0.4) is 0 Å². The molecule has 2 aliphatic heterocycles. The first-order valence-corrected chi connectivity index (χ1v) is 12.3. The highest BCUT2D eigenvalue weighted by Gasteiger charge is 2.48. The van der Waals surface area contributed by atoms with E-state index in [-0.39, 0.29) is 11.5 Å².